The summed E-state index contributed by atoms with van der Waals surface area (Å²) in [6.07, 6.45) is 0. The molecule has 17 heavy (non-hydrogen) atoms. The van der Waals surface area contributed by atoms with Crippen molar-refractivity contribution in [1.82, 2.24) is 0 Å². The molecule has 0 heterocycles. The van der Waals surface area contributed by atoms with E-state index in [1.54, 1.807) is 0 Å². The highest BCUT2D eigenvalue weighted by molar-refractivity contribution is 6.37. The first-order valence-corrected chi connectivity index (χ1v) is 6.04. The van der Waals surface area contributed by atoms with E-state index in [-0.39, 0.29) is 0 Å². The van der Waals surface area contributed by atoms with Gasteiger partial charge in [-0.1, -0.05) is 46.9 Å². The number of methoxy groups -OCH3 is 1. The largest absolute Gasteiger partial charge is 0.494 e. The summed E-state index contributed by atoms with van der Waals surface area (Å²) in [7, 11) is 1.54. The zero-order chi connectivity index (χ0) is 12.4. The molecule has 0 aliphatic heterocycles. The molecule has 0 atom stereocenters. The summed E-state index contributed by atoms with van der Waals surface area (Å²) in [4.78, 5) is 0. The Kier molecular flexibility index (Phi) is 3.82. The van der Waals surface area contributed by atoms with Gasteiger partial charge in [-0.3, -0.25) is 0 Å². The van der Waals surface area contributed by atoms with Crippen LogP contribution in [0.5, 0.6) is 5.75 Å². The van der Waals surface area contributed by atoms with Crippen LogP contribution >= 0.6 is 34.8 Å². The molecule has 0 saturated carbocycles. The van der Waals surface area contributed by atoms with Gasteiger partial charge in [0.1, 0.15) is 0 Å². The molecule has 0 unspecified atom stereocenters. The molecule has 1 nitrogen and oxygen atoms in total. The minimum atomic E-state index is 0.491. The SMILES string of the molecule is COc1c(Cl)cc(-c2ccc(Cl)cc2)cc1Cl. The third kappa shape index (κ3) is 2.68. The van der Waals surface area contributed by atoms with Gasteiger partial charge in [0.05, 0.1) is 17.2 Å². The summed E-state index contributed by atoms with van der Waals surface area (Å²) >= 11 is 18.0. The van der Waals surface area contributed by atoms with Gasteiger partial charge in [-0.05, 0) is 35.4 Å². The first kappa shape index (κ1) is 12.6. The second-order valence-electron chi connectivity index (χ2n) is 3.48. The highest BCUT2D eigenvalue weighted by atomic mass is 35.5. The lowest BCUT2D eigenvalue weighted by molar-refractivity contribution is 0.415. The maximum absolute atomic E-state index is 6.08. The summed E-state index contributed by atoms with van der Waals surface area (Å²) in [5, 5.41) is 1.68. The molecular weight excluding hydrogens is 279 g/mol. The first-order chi connectivity index (χ1) is 8.11. The van der Waals surface area contributed by atoms with Gasteiger partial charge in [0.25, 0.3) is 0 Å². The van der Waals surface area contributed by atoms with E-state index in [2.05, 4.69) is 0 Å². The number of ether oxygens (including phenoxy) is 1. The van der Waals surface area contributed by atoms with Crippen molar-refractivity contribution in [2.75, 3.05) is 7.11 Å². The van der Waals surface area contributed by atoms with E-state index in [4.69, 9.17) is 39.5 Å². The lowest BCUT2D eigenvalue weighted by Gasteiger charge is -2.09. The predicted molar refractivity (Wildman–Crippen MR) is 73.5 cm³/mol. The summed E-state index contributed by atoms with van der Waals surface area (Å²) in [5.74, 6) is 0.492. The van der Waals surface area contributed by atoms with Crippen molar-refractivity contribution in [3.8, 4) is 16.9 Å². The fraction of sp³-hybridized carbons (Fsp3) is 0.0769. The second-order valence-corrected chi connectivity index (χ2v) is 4.73. The van der Waals surface area contributed by atoms with Crippen molar-refractivity contribution in [1.29, 1.82) is 0 Å². The van der Waals surface area contributed by atoms with E-state index < -0.39 is 0 Å². The average Bonchev–Trinajstić information content (AvgIpc) is 2.29. The van der Waals surface area contributed by atoms with E-state index in [9.17, 15) is 0 Å². The Morgan fingerprint density at radius 3 is 1.82 bits per heavy atom. The van der Waals surface area contributed by atoms with Crippen LogP contribution in [0.25, 0.3) is 11.1 Å². The van der Waals surface area contributed by atoms with Crippen molar-refractivity contribution in [2.24, 2.45) is 0 Å². The molecule has 0 saturated heterocycles. The van der Waals surface area contributed by atoms with Gasteiger partial charge in [-0.25, -0.2) is 0 Å². The third-order valence-electron chi connectivity index (χ3n) is 2.38. The van der Waals surface area contributed by atoms with Crippen molar-refractivity contribution in [3.05, 3.63) is 51.5 Å². The Hall–Kier alpha value is -0.890. The van der Waals surface area contributed by atoms with E-state index in [1.807, 2.05) is 36.4 Å². The molecule has 2 rings (SSSR count). The standard InChI is InChI=1S/C13H9Cl3O/c1-17-13-11(15)6-9(7-12(13)16)8-2-4-10(14)5-3-8/h2-7H,1H3. The Balaban J connectivity index is 2.50. The fourth-order valence-electron chi connectivity index (χ4n) is 1.56. The number of halogens is 3. The van der Waals surface area contributed by atoms with Gasteiger partial charge >= 0.3 is 0 Å². The average molecular weight is 288 g/mol. The third-order valence-corrected chi connectivity index (χ3v) is 3.19. The van der Waals surface area contributed by atoms with Crippen LogP contribution in [0.4, 0.5) is 0 Å². The fourth-order valence-corrected chi connectivity index (χ4v) is 2.33. The number of hydrogen-bond donors (Lipinski definition) is 0. The Bertz CT molecular complexity index is 512. The molecule has 0 bridgehead atoms. The summed E-state index contributed by atoms with van der Waals surface area (Å²) in [6, 6.07) is 11.1. The maximum atomic E-state index is 6.08. The van der Waals surface area contributed by atoms with Crippen LogP contribution in [0.15, 0.2) is 36.4 Å². The molecule has 4 heteroatoms. The van der Waals surface area contributed by atoms with Crippen LogP contribution in [-0.2, 0) is 0 Å². The van der Waals surface area contributed by atoms with Gasteiger partial charge in [0.2, 0.25) is 0 Å². The Labute approximate surface area is 115 Å². The smallest absolute Gasteiger partial charge is 0.156 e. The summed E-state index contributed by atoms with van der Waals surface area (Å²) in [6.45, 7) is 0. The van der Waals surface area contributed by atoms with E-state index >= 15 is 0 Å². The number of benzene rings is 2. The minimum absolute atomic E-state index is 0.491. The molecule has 88 valence electrons. The first-order valence-electron chi connectivity index (χ1n) is 4.91. The molecule has 0 fully saturated rings. The Morgan fingerprint density at radius 1 is 0.824 bits per heavy atom. The van der Waals surface area contributed by atoms with Crippen LogP contribution in [0.2, 0.25) is 15.1 Å². The summed E-state index contributed by atoms with van der Waals surface area (Å²) in [5.41, 5.74) is 1.93. The van der Waals surface area contributed by atoms with E-state index in [1.165, 1.54) is 7.11 Å². The van der Waals surface area contributed by atoms with Crippen LogP contribution in [0.1, 0.15) is 0 Å². The Morgan fingerprint density at radius 2 is 1.35 bits per heavy atom. The molecule has 0 N–H and O–H groups in total. The number of rotatable bonds is 2. The van der Waals surface area contributed by atoms with Gasteiger partial charge in [-0.2, -0.15) is 0 Å². The second kappa shape index (κ2) is 5.18. The normalized spacial score (nSPS) is 10.4. The van der Waals surface area contributed by atoms with Crippen molar-refractivity contribution in [2.45, 2.75) is 0 Å². The minimum Gasteiger partial charge on any atom is -0.494 e. The lowest BCUT2D eigenvalue weighted by Crippen LogP contribution is -1.87. The zero-order valence-electron chi connectivity index (χ0n) is 9.01. The van der Waals surface area contributed by atoms with E-state index in [0.717, 1.165) is 11.1 Å². The van der Waals surface area contributed by atoms with Crippen molar-refractivity contribution < 1.29 is 4.74 Å². The molecular formula is C13H9Cl3O. The van der Waals surface area contributed by atoms with Crippen molar-refractivity contribution in [3.63, 3.8) is 0 Å². The predicted octanol–water partition coefficient (Wildman–Crippen LogP) is 5.32. The van der Waals surface area contributed by atoms with Gasteiger partial charge in [0, 0.05) is 5.02 Å². The maximum Gasteiger partial charge on any atom is 0.156 e. The lowest BCUT2D eigenvalue weighted by atomic mass is 10.1. The zero-order valence-corrected chi connectivity index (χ0v) is 11.3. The van der Waals surface area contributed by atoms with Crippen LogP contribution in [0, 0.1) is 0 Å². The molecule has 2 aromatic rings. The van der Waals surface area contributed by atoms with Crippen LogP contribution in [-0.4, -0.2) is 7.11 Å². The molecule has 0 aliphatic rings. The number of hydrogen-bond acceptors (Lipinski definition) is 1. The van der Waals surface area contributed by atoms with Gasteiger partial charge in [-0.15, -0.1) is 0 Å². The van der Waals surface area contributed by atoms with Crippen LogP contribution in [0.3, 0.4) is 0 Å². The molecule has 0 aromatic heterocycles. The molecule has 0 radical (unpaired) electrons. The molecule has 0 amide bonds. The van der Waals surface area contributed by atoms with Gasteiger partial charge < -0.3 is 4.74 Å². The van der Waals surface area contributed by atoms with Crippen molar-refractivity contribution >= 4 is 34.8 Å². The molecule has 0 spiro atoms. The highest BCUT2D eigenvalue weighted by Crippen LogP contribution is 2.37. The summed E-state index contributed by atoms with van der Waals surface area (Å²) < 4.78 is 5.10. The molecule has 0 aliphatic carbocycles. The topological polar surface area (TPSA) is 9.23 Å². The van der Waals surface area contributed by atoms with Gasteiger partial charge in [0.15, 0.2) is 5.75 Å². The highest BCUT2D eigenvalue weighted by Gasteiger charge is 2.09. The monoisotopic (exact) mass is 286 g/mol. The quantitative estimate of drug-likeness (QED) is 0.726. The van der Waals surface area contributed by atoms with E-state index in [0.29, 0.717) is 20.8 Å². The van der Waals surface area contributed by atoms with Crippen LogP contribution < -0.4 is 4.74 Å². The molecule has 2 aromatic carbocycles.